The van der Waals surface area contributed by atoms with Crippen LogP contribution in [0.15, 0.2) is 24.4 Å². The van der Waals surface area contributed by atoms with Crippen LogP contribution >= 0.6 is 0 Å². The third-order valence-electron chi connectivity index (χ3n) is 5.79. The van der Waals surface area contributed by atoms with Gasteiger partial charge in [-0.3, -0.25) is 9.88 Å². The number of amides is 2. The first-order chi connectivity index (χ1) is 13.3. The van der Waals surface area contributed by atoms with Gasteiger partial charge in [-0.05, 0) is 57.3 Å². The average Bonchev–Trinajstić information content (AvgIpc) is 2.74. The molecule has 6 heteroatoms. The maximum absolute atomic E-state index is 12.5. The van der Waals surface area contributed by atoms with Gasteiger partial charge in [-0.2, -0.15) is 0 Å². The number of likely N-dealkylation sites (tertiary alicyclic amines) is 2. The molecule has 1 N–H and O–H groups in total. The lowest BCUT2D eigenvalue weighted by Crippen LogP contribution is -2.50. The molecule has 2 aliphatic heterocycles. The number of pyridine rings is 1. The van der Waals surface area contributed by atoms with Crippen molar-refractivity contribution in [2.45, 2.75) is 64.2 Å². The van der Waals surface area contributed by atoms with E-state index in [1.54, 1.807) is 6.20 Å². The molecule has 1 aromatic heterocycles. The predicted molar refractivity (Wildman–Crippen MR) is 107 cm³/mol. The van der Waals surface area contributed by atoms with E-state index in [-0.39, 0.29) is 12.1 Å². The number of carbonyl (C=O) groups is 1. The van der Waals surface area contributed by atoms with Crippen molar-refractivity contribution >= 4 is 6.03 Å². The molecule has 1 aromatic rings. The van der Waals surface area contributed by atoms with Gasteiger partial charge in [0.1, 0.15) is 0 Å². The topological polar surface area (TPSA) is 57.7 Å². The van der Waals surface area contributed by atoms with Gasteiger partial charge in [-0.1, -0.05) is 19.4 Å². The number of urea groups is 1. The van der Waals surface area contributed by atoms with Crippen LogP contribution in [0.5, 0.6) is 0 Å². The fourth-order valence-electron chi connectivity index (χ4n) is 4.04. The highest BCUT2D eigenvalue weighted by molar-refractivity contribution is 5.74. The fraction of sp³-hybridized carbons (Fsp3) is 0.714. The number of hydrogen-bond donors (Lipinski definition) is 1. The SMILES string of the molecule is CCC(CNC(=O)N1CCC(OCc2ccccn2)CC1)N1CCCCC1. The summed E-state index contributed by atoms with van der Waals surface area (Å²) in [6, 6.07) is 6.41. The maximum atomic E-state index is 12.5. The van der Waals surface area contributed by atoms with Crippen molar-refractivity contribution in [2.24, 2.45) is 0 Å². The lowest BCUT2D eigenvalue weighted by atomic mass is 10.1. The molecule has 2 fully saturated rings. The lowest BCUT2D eigenvalue weighted by Gasteiger charge is -2.35. The van der Waals surface area contributed by atoms with E-state index in [0.29, 0.717) is 12.6 Å². The summed E-state index contributed by atoms with van der Waals surface area (Å²) in [5, 5.41) is 3.17. The molecular weight excluding hydrogens is 340 g/mol. The Morgan fingerprint density at radius 2 is 2.00 bits per heavy atom. The summed E-state index contributed by atoms with van der Waals surface area (Å²) in [6.45, 7) is 7.40. The largest absolute Gasteiger partial charge is 0.372 e. The van der Waals surface area contributed by atoms with Crippen LogP contribution in [-0.2, 0) is 11.3 Å². The second-order valence-corrected chi connectivity index (χ2v) is 7.66. The van der Waals surface area contributed by atoms with E-state index in [2.05, 4.69) is 22.1 Å². The average molecular weight is 375 g/mol. The molecule has 1 atom stereocenters. The van der Waals surface area contributed by atoms with Crippen molar-refractivity contribution in [2.75, 3.05) is 32.7 Å². The van der Waals surface area contributed by atoms with Crippen LogP contribution in [0.25, 0.3) is 0 Å². The molecule has 0 saturated carbocycles. The van der Waals surface area contributed by atoms with E-state index < -0.39 is 0 Å². The molecule has 3 rings (SSSR count). The predicted octanol–water partition coefficient (Wildman–Crippen LogP) is 3.04. The third kappa shape index (κ3) is 6.18. The minimum atomic E-state index is 0.0774. The van der Waals surface area contributed by atoms with Gasteiger partial charge in [0.25, 0.3) is 0 Å². The molecule has 0 bridgehead atoms. The van der Waals surface area contributed by atoms with Gasteiger partial charge in [0.2, 0.25) is 0 Å². The highest BCUT2D eigenvalue weighted by Gasteiger charge is 2.25. The van der Waals surface area contributed by atoms with E-state index >= 15 is 0 Å². The van der Waals surface area contributed by atoms with Gasteiger partial charge in [-0.25, -0.2) is 4.79 Å². The highest BCUT2D eigenvalue weighted by Crippen LogP contribution is 2.16. The first-order valence-electron chi connectivity index (χ1n) is 10.5. The van der Waals surface area contributed by atoms with Crippen molar-refractivity contribution in [3.8, 4) is 0 Å². The summed E-state index contributed by atoms with van der Waals surface area (Å²) in [5.41, 5.74) is 0.959. The number of nitrogens with one attached hydrogen (secondary N) is 1. The normalized spacial score (nSPS) is 20.4. The monoisotopic (exact) mass is 374 g/mol. The van der Waals surface area contributed by atoms with Crippen LogP contribution in [0.1, 0.15) is 51.1 Å². The van der Waals surface area contributed by atoms with Crippen molar-refractivity contribution in [1.29, 1.82) is 0 Å². The van der Waals surface area contributed by atoms with E-state index in [4.69, 9.17) is 4.74 Å². The number of nitrogens with zero attached hydrogens (tertiary/aromatic N) is 3. The second-order valence-electron chi connectivity index (χ2n) is 7.66. The Kier molecular flexibility index (Phi) is 7.90. The van der Waals surface area contributed by atoms with Crippen molar-refractivity contribution in [3.63, 3.8) is 0 Å². The molecule has 6 nitrogen and oxygen atoms in total. The Bertz CT molecular complexity index is 555. The van der Waals surface area contributed by atoms with Crippen LogP contribution < -0.4 is 5.32 Å². The number of aromatic nitrogens is 1. The number of piperidine rings is 2. The molecule has 0 radical (unpaired) electrons. The summed E-state index contributed by atoms with van der Waals surface area (Å²) < 4.78 is 5.96. The van der Waals surface area contributed by atoms with Gasteiger partial charge in [-0.15, -0.1) is 0 Å². The Balaban J connectivity index is 1.35. The van der Waals surface area contributed by atoms with E-state index in [9.17, 15) is 4.79 Å². The third-order valence-corrected chi connectivity index (χ3v) is 5.79. The molecule has 0 aliphatic carbocycles. The standard InChI is InChI=1S/C21H34N4O2/c1-2-19(24-12-6-3-7-13-24)16-23-21(26)25-14-9-20(10-15-25)27-17-18-8-4-5-11-22-18/h4-5,8,11,19-20H,2-3,6-7,9-10,12-17H2,1H3,(H,23,26). The van der Waals surface area contributed by atoms with Crippen molar-refractivity contribution in [3.05, 3.63) is 30.1 Å². The zero-order chi connectivity index (χ0) is 18.9. The second kappa shape index (κ2) is 10.6. The molecule has 1 unspecified atom stereocenters. The summed E-state index contributed by atoms with van der Waals surface area (Å²) in [6.07, 6.45) is 8.80. The Hall–Kier alpha value is -1.66. The van der Waals surface area contributed by atoms with Gasteiger partial charge >= 0.3 is 6.03 Å². The molecule has 0 spiro atoms. The van der Waals surface area contributed by atoms with Gasteiger partial charge in [0.05, 0.1) is 18.4 Å². The minimum Gasteiger partial charge on any atom is -0.372 e. The van der Waals surface area contributed by atoms with Gasteiger partial charge in [0.15, 0.2) is 0 Å². The Morgan fingerprint density at radius 3 is 2.67 bits per heavy atom. The van der Waals surface area contributed by atoms with Crippen molar-refractivity contribution < 1.29 is 9.53 Å². The van der Waals surface area contributed by atoms with E-state index in [0.717, 1.165) is 44.6 Å². The van der Waals surface area contributed by atoms with Crippen LogP contribution in [0.4, 0.5) is 4.79 Å². The fourth-order valence-corrected chi connectivity index (χ4v) is 4.04. The molecule has 27 heavy (non-hydrogen) atoms. The maximum Gasteiger partial charge on any atom is 0.317 e. The number of carbonyl (C=O) groups excluding carboxylic acids is 1. The summed E-state index contributed by atoms with van der Waals surface area (Å²) in [4.78, 5) is 21.3. The zero-order valence-corrected chi connectivity index (χ0v) is 16.6. The quantitative estimate of drug-likeness (QED) is 0.797. The highest BCUT2D eigenvalue weighted by atomic mass is 16.5. The van der Waals surface area contributed by atoms with E-state index in [1.165, 1.54) is 32.4 Å². The summed E-state index contributed by atoms with van der Waals surface area (Å²) >= 11 is 0. The number of hydrogen-bond acceptors (Lipinski definition) is 4. The summed E-state index contributed by atoms with van der Waals surface area (Å²) in [5.74, 6) is 0. The van der Waals surface area contributed by atoms with Crippen LogP contribution in [0.3, 0.4) is 0 Å². The van der Waals surface area contributed by atoms with Gasteiger partial charge in [0, 0.05) is 31.9 Å². The molecule has 150 valence electrons. The molecule has 2 saturated heterocycles. The lowest BCUT2D eigenvalue weighted by molar-refractivity contribution is 0.00294. The number of ether oxygens (including phenoxy) is 1. The molecule has 2 aliphatic rings. The zero-order valence-electron chi connectivity index (χ0n) is 16.6. The van der Waals surface area contributed by atoms with Crippen LogP contribution in [0.2, 0.25) is 0 Å². The minimum absolute atomic E-state index is 0.0774. The Labute approximate surface area is 163 Å². The molecule has 3 heterocycles. The van der Waals surface area contributed by atoms with Crippen LogP contribution in [0, 0.1) is 0 Å². The van der Waals surface area contributed by atoms with Crippen LogP contribution in [-0.4, -0.2) is 65.7 Å². The Morgan fingerprint density at radius 1 is 1.22 bits per heavy atom. The smallest absolute Gasteiger partial charge is 0.317 e. The molecule has 0 aromatic carbocycles. The summed E-state index contributed by atoms with van der Waals surface area (Å²) in [7, 11) is 0. The first kappa shape index (κ1) is 20.1. The van der Waals surface area contributed by atoms with E-state index in [1.807, 2.05) is 23.1 Å². The number of rotatable bonds is 7. The molecule has 2 amide bonds. The molecular formula is C21H34N4O2. The van der Waals surface area contributed by atoms with Gasteiger partial charge < -0.3 is 15.0 Å². The van der Waals surface area contributed by atoms with Crippen molar-refractivity contribution in [1.82, 2.24) is 20.1 Å². The first-order valence-corrected chi connectivity index (χ1v) is 10.5.